The summed E-state index contributed by atoms with van der Waals surface area (Å²) in [5.74, 6) is -1.03. The van der Waals surface area contributed by atoms with Crippen molar-refractivity contribution in [2.45, 2.75) is 86.9 Å². The molecule has 6 N–H and O–H groups in total. The van der Waals surface area contributed by atoms with Gasteiger partial charge in [-0.25, -0.2) is 0 Å². The van der Waals surface area contributed by atoms with Gasteiger partial charge in [-0.2, -0.15) is 0 Å². The minimum absolute atomic E-state index is 0.0878. The summed E-state index contributed by atoms with van der Waals surface area (Å²) in [4.78, 5) is 29.5. The Morgan fingerprint density at radius 1 is 1.02 bits per heavy atom. The lowest BCUT2D eigenvalue weighted by Gasteiger charge is -2.37. The summed E-state index contributed by atoms with van der Waals surface area (Å²) in [5.41, 5.74) is 1.52. The Bertz CT molecular complexity index is 2050. The third-order valence-corrected chi connectivity index (χ3v) is 16.4. The van der Waals surface area contributed by atoms with Gasteiger partial charge in [-0.15, -0.1) is 5.10 Å². The number of carbonyl (C=O) groups is 2. The van der Waals surface area contributed by atoms with Crippen LogP contribution in [0.3, 0.4) is 0 Å². The number of methoxy groups -OCH3 is 1. The van der Waals surface area contributed by atoms with E-state index in [9.17, 15) is 35.1 Å². The van der Waals surface area contributed by atoms with Crippen molar-refractivity contribution in [3.63, 3.8) is 0 Å². The summed E-state index contributed by atoms with van der Waals surface area (Å²) in [6.07, 6.45) is -7.05. The van der Waals surface area contributed by atoms with Crippen LogP contribution in [0.15, 0.2) is 79.0 Å². The van der Waals surface area contributed by atoms with Gasteiger partial charge in [-0.3, -0.25) is 14.3 Å². The highest BCUT2D eigenvalue weighted by atomic mass is 28.3. The minimum Gasteiger partial charge on any atom is -0.497 e. The van der Waals surface area contributed by atoms with E-state index in [0.29, 0.717) is 29.9 Å². The number of likely N-dealkylation sites (N-methyl/N-ethyl adjacent to an activating group) is 1. The number of nitrogens with one attached hydrogen (secondary N) is 1. The number of amides is 2. The zero-order chi connectivity index (χ0) is 40.1. The first kappa shape index (κ1) is 39.7. The molecular weight excluding hydrogens is 739 g/mol. The summed E-state index contributed by atoms with van der Waals surface area (Å²) in [7, 11) is 0.844. The molecule has 298 valence electrons. The molecule has 3 aliphatic heterocycles. The first-order valence-corrected chi connectivity index (χ1v) is 21.8. The number of rotatable bonds is 11. The smallest absolute Gasteiger partial charge is 0.264 e. The maximum absolute atomic E-state index is 14.6. The van der Waals surface area contributed by atoms with Crippen molar-refractivity contribution in [1.29, 1.82) is 0 Å². The van der Waals surface area contributed by atoms with Crippen molar-refractivity contribution in [1.82, 2.24) is 15.0 Å². The first-order valence-electron chi connectivity index (χ1n) is 18.7. The van der Waals surface area contributed by atoms with E-state index in [1.165, 1.54) is 0 Å². The molecule has 0 saturated carbocycles. The van der Waals surface area contributed by atoms with E-state index < -0.39 is 56.4 Å². The molecule has 4 heterocycles. The van der Waals surface area contributed by atoms with E-state index in [0.717, 1.165) is 16.5 Å². The monoisotopic (exact) mass is 787 g/mol. The maximum atomic E-state index is 14.6. The zero-order valence-electron chi connectivity index (χ0n) is 31.9. The van der Waals surface area contributed by atoms with Crippen LogP contribution in [0.2, 0.25) is 18.6 Å². The molecule has 3 aliphatic rings. The van der Waals surface area contributed by atoms with Gasteiger partial charge in [-0.05, 0) is 47.9 Å². The van der Waals surface area contributed by atoms with Crippen molar-refractivity contribution < 1.29 is 49.3 Å². The van der Waals surface area contributed by atoms with Gasteiger partial charge >= 0.3 is 0 Å². The Balaban J connectivity index is 1.22. The van der Waals surface area contributed by atoms with Gasteiger partial charge in [0.15, 0.2) is 18.0 Å². The molecule has 2 saturated heterocycles. The van der Waals surface area contributed by atoms with E-state index in [2.05, 4.69) is 47.8 Å². The van der Waals surface area contributed by atoms with Crippen LogP contribution in [-0.4, -0.2) is 118 Å². The fourth-order valence-corrected chi connectivity index (χ4v) is 13.0. The molecule has 2 amide bonds. The van der Waals surface area contributed by atoms with E-state index in [-0.39, 0.29) is 35.6 Å². The molecule has 7 rings (SSSR count). The van der Waals surface area contributed by atoms with E-state index >= 15 is 0 Å². The number of anilines is 2. The summed E-state index contributed by atoms with van der Waals surface area (Å²) in [6.45, 7) is 6.91. The highest BCUT2D eigenvalue weighted by Gasteiger charge is 2.66. The first-order chi connectivity index (χ1) is 26.7. The number of hydrogen-bond acceptors (Lipinski definition) is 12. The van der Waals surface area contributed by atoms with Crippen LogP contribution in [0.1, 0.15) is 36.1 Å². The average molecular weight is 788 g/mol. The number of carbonyl (C=O) groups excluding carboxylic acids is 2. The van der Waals surface area contributed by atoms with Crippen molar-refractivity contribution >= 4 is 36.4 Å². The molecule has 15 nitrogen and oxygen atoms in total. The van der Waals surface area contributed by atoms with Crippen molar-refractivity contribution in [3.05, 3.63) is 95.8 Å². The highest BCUT2D eigenvalue weighted by Crippen LogP contribution is 2.60. The minimum atomic E-state index is -2.48. The van der Waals surface area contributed by atoms with Gasteiger partial charge in [-0.1, -0.05) is 72.9 Å². The third-order valence-electron chi connectivity index (χ3n) is 12.0. The molecule has 10 atom stereocenters. The fraction of sp³-hybridized carbons (Fsp3) is 0.450. The lowest BCUT2D eigenvalue weighted by Crippen LogP contribution is -2.60. The van der Waals surface area contributed by atoms with Gasteiger partial charge in [0.05, 0.1) is 45.2 Å². The van der Waals surface area contributed by atoms with Crippen LogP contribution in [0.25, 0.3) is 0 Å². The number of aliphatic hydroxyl groups excluding tert-OH is 5. The molecule has 56 heavy (non-hydrogen) atoms. The summed E-state index contributed by atoms with van der Waals surface area (Å²) < 4.78 is 19.5. The van der Waals surface area contributed by atoms with Gasteiger partial charge in [0.2, 0.25) is 0 Å². The Morgan fingerprint density at radius 3 is 2.41 bits per heavy atom. The molecular formula is C40H49N5O10Si. The second kappa shape index (κ2) is 15.4. The number of hydrogen-bond donors (Lipinski definition) is 6. The number of nitrogens with zero attached hydrogens (tertiary/aromatic N) is 4. The van der Waals surface area contributed by atoms with Crippen LogP contribution in [0.4, 0.5) is 11.4 Å². The van der Waals surface area contributed by atoms with E-state index in [1.807, 2.05) is 48.7 Å². The van der Waals surface area contributed by atoms with E-state index in [1.54, 1.807) is 41.9 Å². The topological polar surface area (TPSA) is 209 Å². The molecule has 0 radical (unpaired) electrons. The number of fused-ring (bicyclic) bond motifs is 2. The molecule has 1 aromatic heterocycles. The average Bonchev–Trinajstić information content (AvgIpc) is 3.85. The molecule has 3 aromatic carbocycles. The van der Waals surface area contributed by atoms with Crippen molar-refractivity contribution in [3.8, 4) is 5.75 Å². The summed E-state index contributed by atoms with van der Waals surface area (Å²) in [5, 5.41) is 63.5. The predicted molar refractivity (Wildman–Crippen MR) is 207 cm³/mol. The molecule has 4 aromatic rings. The van der Waals surface area contributed by atoms with Gasteiger partial charge in [0, 0.05) is 37.0 Å². The standard InChI is InChI=1S/C40H49N5O10Si/c1-22-36(56(4,5)26-14-12-25(53-3)13-15-26)31(17-18-45-20-29(42-43-45)27(21-46)23-9-7-6-8-10-23)55-40(22)28-19-24(11-16-30(28)44(2)39(40)52)41-37(50)35-33(48)32(47)34(49)38(51)54-35/h6-16,19-20,22,27,31-36,38,46-49,51H,17-18,21H2,1-5H3,(H,41,50)/t22-,27?,31+,32-,33-,34+,35-,36-,38+,40+/m0/s1. The second-order valence-corrected chi connectivity index (χ2v) is 20.2. The summed E-state index contributed by atoms with van der Waals surface area (Å²) in [6, 6.07) is 22.7. The zero-order valence-corrected chi connectivity index (χ0v) is 32.9. The van der Waals surface area contributed by atoms with Gasteiger partial charge < -0.3 is 50.0 Å². The van der Waals surface area contributed by atoms with Crippen LogP contribution < -0.4 is 20.1 Å². The lowest BCUT2D eigenvalue weighted by atomic mass is 9.82. The van der Waals surface area contributed by atoms with Crippen LogP contribution >= 0.6 is 0 Å². The molecule has 1 unspecified atom stereocenters. The number of aryl methyl sites for hydroxylation is 1. The Labute approximate surface area is 325 Å². The largest absolute Gasteiger partial charge is 0.497 e. The highest BCUT2D eigenvalue weighted by molar-refractivity contribution is 6.91. The van der Waals surface area contributed by atoms with Gasteiger partial charge in [0.1, 0.15) is 24.1 Å². The van der Waals surface area contributed by atoms with Crippen LogP contribution in [-0.2, 0) is 31.2 Å². The number of benzene rings is 3. The quantitative estimate of drug-likeness (QED) is 0.119. The van der Waals surface area contributed by atoms with E-state index in [4.69, 9.17) is 14.2 Å². The molecule has 0 aliphatic carbocycles. The Kier molecular flexibility index (Phi) is 10.9. The second-order valence-electron chi connectivity index (χ2n) is 15.5. The number of ether oxygens (including phenoxy) is 3. The Hall–Kier alpha value is -4.52. The van der Waals surface area contributed by atoms with Crippen molar-refractivity contribution in [2.24, 2.45) is 5.92 Å². The predicted octanol–water partition coefficient (Wildman–Crippen LogP) is 1.43. The molecule has 16 heteroatoms. The third kappa shape index (κ3) is 6.73. The summed E-state index contributed by atoms with van der Waals surface area (Å²) >= 11 is 0. The van der Waals surface area contributed by atoms with Crippen LogP contribution in [0, 0.1) is 5.92 Å². The van der Waals surface area contributed by atoms with Crippen molar-refractivity contribution in [2.75, 3.05) is 31.0 Å². The SMILES string of the molecule is COc1ccc([Si](C)(C)[C@@H]2[C@@H](CCn3cc(C(CO)c4ccccc4)nn3)O[C@]3(C(=O)N(C)c4ccc(NC(=O)[C@H]5O[C@@H](O)[C@H](O)[C@@H](O)[C@@H]5O)cc43)[C@H]2C)cc1. The fourth-order valence-electron chi connectivity index (χ4n) is 8.96. The maximum Gasteiger partial charge on any atom is 0.264 e. The lowest BCUT2D eigenvalue weighted by molar-refractivity contribution is -0.274. The number of aliphatic hydroxyl groups is 5. The van der Waals surface area contributed by atoms with Crippen LogP contribution in [0.5, 0.6) is 5.75 Å². The Morgan fingerprint density at radius 2 is 1.73 bits per heavy atom. The normalized spacial score (nSPS) is 29.4. The molecule has 1 spiro atoms. The van der Waals surface area contributed by atoms with Gasteiger partial charge in [0.25, 0.3) is 11.8 Å². The number of aromatic nitrogens is 3. The molecule has 2 fully saturated rings. The molecule has 0 bridgehead atoms.